The summed E-state index contributed by atoms with van der Waals surface area (Å²) in [7, 11) is -2.05. The van der Waals surface area contributed by atoms with Crippen LogP contribution in [0, 0.1) is 0 Å². The average molecular weight is 610 g/mol. The van der Waals surface area contributed by atoms with E-state index < -0.39 is 8.07 Å². The Kier molecular flexibility index (Phi) is 5.89. The molecule has 214 valence electrons. The van der Waals surface area contributed by atoms with Crippen LogP contribution >= 0.6 is 11.3 Å². The summed E-state index contributed by atoms with van der Waals surface area (Å²) < 4.78 is 2.79. The van der Waals surface area contributed by atoms with Crippen molar-refractivity contribution in [2.75, 3.05) is 4.90 Å². The molecule has 9 rings (SSSR count). The van der Waals surface area contributed by atoms with Crippen LogP contribution < -0.4 is 15.3 Å². The Morgan fingerprint density at radius 2 is 1.24 bits per heavy atom. The van der Waals surface area contributed by atoms with Crippen molar-refractivity contribution in [3.05, 3.63) is 152 Å². The van der Waals surface area contributed by atoms with E-state index in [0.717, 1.165) is 0 Å². The molecule has 0 amide bonds. The smallest absolute Gasteiger partial charge is 0.116 e. The summed E-state index contributed by atoms with van der Waals surface area (Å²) in [5.74, 6) is 0. The van der Waals surface area contributed by atoms with Gasteiger partial charge in [0.05, 0.1) is 0 Å². The number of hydrogen-bond donors (Lipinski definition) is 0. The number of rotatable bonds is 4. The van der Waals surface area contributed by atoms with Crippen LogP contribution in [0.2, 0.25) is 13.1 Å². The van der Waals surface area contributed by atoms with Gasteiger partial charge in [-0.15, -0.1) is 11.3 Å². The van der Waals surface area contributed by atoms with E-state index in [1.807, 2.05) is 11.3 Å². The van der Waals surface area contributed by atoms with Crippen molar-refractivity contribution >= 4 is 77.8 Å². The molecule has 8 aromatic rings. The van der Waals surface area contributed by atoms with Crippen molar-refractivity contribution in [2.24, 2.45) is 0 Å². The quantitative estimate of drug-likeness (QED) is 0.179. The van der Waals surface area contributed by atoms with Gasteiger partial charge in [-0.1, -0.05) is 122 Å². The van der Waals surface area contributed by atoms with Crippen LogP contribution in [0.4, 0.5) is 17.1 Å². The molecule has 0 saturated carbocycles. The summed E-state index contributed by atoms with van der Waals surface area (Å²) >= 11 is 1.95. The molecule has 0 N–H and O–H groups in total. The first-order valence-corrected chi connectivity index (χ1v) is 19.4. The van der Waals surface area contributed by atoms with Crippen LogP contribution in [-0.4, -0.2) is 8.07 Å². The topological polar surface area (TPSA) is 3.24 Å². The molecule has 0 fully saturated rings. The number of hydrogen-bond acceptors (Lipinski definition) is 2. The lowest BCUT2D eigenvalue weighted by molar-refractivity contribution is 1.29. The maximum atomic E-state index is 2.53. The van der Waals surface area contributed by atoms with Gasteiger partial charge in [0.25, 0.3) is 0 Å². The largest absolute Gasteiger partial charge is 0.311 e. The number of para-hydroxylation sites is 1. The van der Waals surface area contributed by atoms with E-state index in [4.69, 9.17) is 0 Å². The molecule has 1 aliphatic heterocycles. The monoisotopic (exact) mass is 609 g/mol. The molecule has 0 unspecified atom stereocenters. The van der Waals surface area contributed by atoms with E-state index in [-0.39, 0.29) is 0 Å². The van der Waals surface area contributed by atoms with E-state index in [9.17, 15) is 0 Å². The highest BCUT2D eigenvalue weighted by molar-refractivity contribution is 7.26. The van der Waals surface area contributed by atoms with Gasteiger partial charge in [0.2, 0.25) is 0 Å². The average Bonchev–Trinajstić information content (AvgIpc) is 3.58. The molecule has 45 heavy (non-hydrogen) atoms. The van der Waals surface area contributed by atoms with Gasteiger partial charge < -0.3 is 4.90 Å². The molecular weight excluding hydrogens is 579 g/mol. The van der Waals surface area contributed by atoms with Crippen LogP contribution in [0.5, 0.6) is 0 Å². The van der Waals surface area contributed by atoms with Crippen LogP contribution in [0.15, 0.2) is 152 Å². The van der Waals surface area contributed by atoms with Gasteiger partial charge in [0.1, 0.15) is 8.07 Å². The summed E-state index contributed by atoms with van der Waals surface area (Å²) in [5.41, 5.74) is 8.98. The first kappa shape index (κ1) is 26.4. The number of nitrogens with zero attached hydrogens (tertiary/aromatic N) is 1. The molecular formula is C42H31NSSi. The number of anilines is 3. The van der Waals surface area contributed by atoms with Crippen LogP contribution in [0.1, 0.15) is 0 Å². The first-order chi connectivity index (χ1) is 22.1. The summed E-state index contributed by atoms with van der Waals surface area (Å²) in [5, 5.41) is 8.34. The summed E-state index contributed by atoms with van der Waals surface area (Å²) in [6, 6.07) is 56.0. The van der Waals surface area contributed by atoms with Gasteiger partial charge in [-0.05, 0) is 85.9 Å². The van der Waals surface area contributed by atoms with Crippen molar-refractivity contribution in [1.29, 1.82) is 0 Å². The van der Waals surface area contributed by atoms with E-state index in [1.54, 1.807) is 5.19 Å². The third kappa shape index (κ3) is 4.05. The van der Waals surface area contributed by atoms with E-state index in [2.05, 4.69) is 170 Å². The Morgan fingerprint density at radius 1 is 0.533 bits per heavy atom. The molecule has 0 saturated heterocycles. The highest BCUT2D eigenvalue weighted by atomic mass is 32.1. The van der Waals surface area contributed by atoms with E-state index in [1.165, 1.54) is 75.4 Å². The highest BCUT2D eigenvalue weighted by Gasteiger charge is 2.42. The van der Waals surface area contributed by atoms with Gasteiger partial charge in [-0.3, -0.25) is 0 Å². The fourth-order valence-electron chi connectivity index (χ4n) is 7.48. The summed E-state index contributed by atoms with van der Waals surface area (Å²) in [6.07, 6.45) is 0. The molecule has 0 aliphatic carbocycles. The fraction of sp³-hybridized carbons (Fsp3) is 0.0476. The third-order valence-electron chi connectivity index (χ3n) is 9.62. The standard InChI is InChI=1S/C42H31NSSi/c1-45(2)39-26-25-35-34-15-8-9-18-38(34)44-41(35)40(39)36-16-10-17-37(42(36)45)43(32-13-4-3-5-14-32)33-23-21-29(22-24-33)31-20-19-28-11-6-7-12-30(28)27-31/h3-27H,1-2H3. The third-order valence-corrected chi connectivity index (χ3v) is 14.4. The van der Waals surface area contributed by atoms with Crippen LogP contribution in [0.25, 0.3) is 53.2 Å². The molecule has 0 spiro atoms. The normalized spacial score (nSPS) is 13.3. The lowest BCUT2D eigenvalue weighted by atomic mass is 10.0. The second-order valence-electron chi connectivity index (χ2n) is 12.6. The first-order valence-electron chi connectivity index (χ1n) is 15.6. The Morgan fingerprint density at radius 3 is 2.09 bits per heavy atom. The lowest BCUT2D eigenvalue weighted by Crippen LogP contribution is -2.50. The molecule has 1 aromatic heterocycles. The molecule has 0 atom stereocenters. The minimum atomic E-state index is -2.05. The zero-order valence-corrected chi connectivity index (χ0v) is 27.1. The van der Waals surface area contributed by atoms with E-state index >= 15 is 0 Å². The van der Waals surface area contributed by atoms with Crippen molar-refractivity contribution in [1.82, 2.24) is 0 Å². The zero-order valence-electron chi connectivity index (χ0n) is 25.3. The maximum absolute atomic E-state index is 2.53. The van der Waals surface area contributed by atoms with Crippen molar-refractivity contribution in [3.8, 4) is 22.3 Å². The Bertz CT molecular complexity index is 2400. The van der Waals surface area contributed by atoms with Gasteiger partial charge >= 0.3 is 0 Å². The molecule has 0 bridgehead atoms. The Labute approximate surface area is 268 Å². The summed E-state index contributed by atoms with van der Waals surface area (Å²) in [4.78, 5) is 2.48. The molecule has 2 heterocycles. The fourth-order valence-corrected chi connectivity index (χ4v) is 12.2. The SMILES string of the molecule is C[Si]1(C)c2ccc3c(sc4ccccc43)c2-c2cccc(N(c3ccccc3)c3ccc(-c4ccc5ccccc5c4)cc3)c21. The van der Waals surface area contributed by atoms with Crippen LogP contribution in [-0.2, 0) is 0 Å². The molecule has 0 radical (unpaired) electrons. The van der Waals surface area contributed by atoms with Gasteiger partial charge in [0.15, 0.2) is 0 Å². The molecule has 3 heteroatoms. The predicted octanol–water partition coefficient (Wildman–Crippen LogP) is 11.1. The van der Waals surface area contributed by atoms with Gasteiger partial charge in [-0.25, -0.2) is 0 Å². The van der Waals surface area contributed by atoms with Gasteiger partial charge in [0, 0.05) is 37.2 Å². The second-order valence-corrected chi connectivity index (χ2v) is 17.9. The lowest BCUT2D eigenvalue weighted by Gasteiger charge is -2.31. The minimum absolute atomic E-state index is 1.17. The number of thiophene rings is 1. The zero-order chi connectivity index (χ0) is 30.1. The Hall–Kier alpha value is -4.96. The molecule has 1 nitrogen and oxygen atoms in total. The van der Waals surface area contributed by atoms with Gasteiger partial charge in [-0.2, -0.15) is 0 Å². The molecule has 1 aliphatic rings. The minimum Gasteiger partial charge on any atom is -0.311 e. The number of fused-ring (bicyclic) bond motifs is 8. The molecule has 7 aromatic carbocycles. The van der Waals surface area contributed by atoms with Crippen molar-refractivity contribution in [2.45, 2.75) is 13.1 Å². The Balaban J connectivity index is 1.22. The second kappa shape index (κ2) is 10.0. The number of benzene rings is 7. The maximum Gasteiger partial charge on any atom is 0.116 e. The van der Waals surface area contributed by atoms with E-state index in [0.29, 0.717) is 0 Å². The highest BCUT2D eigenvalue weighted by Crippen LogP contribution is 2.45. The van der Waals surface area contributed by atoms with Crippen LogP contribution in [0.3, 0.4) is 0 Å². The van der Waals surface area contributed by atoms with Crippen molar-refractivity contribution in [3.63, 3.8) is 0 Å². The predicted molar refractivity (Wildman–Crippen MR) is 199 cm³/mol. The summed E-state index contributed by atoms with van der Waals surface area (Å²) in [6.45, 7) is 5.07. The van der Waals surface area contributed by atoms with Crippen molar-refractivity contribution < 1.29 is 0 Å².